The summed E-state index contributed by atoms with van der Waals surface area (Å²) in [5.74, 6) is 0.573. The van der Waals surface area contributed by atoms with E-state index in [1.807, 2.05) is 22.9 Å². The van der Waals surface area contributed by atoms with Gasteiger partial charge in [-0.1, -0.05) is 25.3 Å². The number of benzene rings is 2. The highest BCUT2D eigenvalue weighted by Crippen LogP contribution is 2.54. The van der Waals surface area contributed by atoms with E-state index in [2.05, 4.69) is 33.5 Å². The van der Waals surface area contributed by atoms with Gasteiger partial charge in [0.1, 0.15) is 5.75 Å². The Balaban J connectivity index is 1.38. The lowest BCUT2D eigenvalue weighted by Gasteiger charge is -2.56. The molecule has 44 heavy (non-hydrogen) atoms. The molecular formula is C33H41N5O5S. The highest BCUT2D eigenvalue weighted by molar-refractivity contribution is 7.87. The SMILES string of the molecule is COc1ccc(-c2c(C3CCCCC3)c3ccc(C(=O)NS(N)(=O)=O)cc3n2CC2(C(=O)N3[C@@H]4C[C@H]3CN(C)C4)CC2)cc1. The molecule has 2 bridgehead atoms. The van der Waals surface area contributed by atoms with Gasteiger partial charge in [-0.05, 0) is 92.6 Å². The fraction of sp³-hybridized carbons (Fsp3) is 0.515. The van der Waals surface area contributed by atoms with Crippen LogP contribution in [0, 0.1) is 5.41 Å². The van der Waals surface area contributed by atoms with Crippen LogP contribution >= 0.6 is 0 Å². The minimum absolute atomic E-state index is 0.207. The van der Waals surface area contributed by atoms with Gasteiger partial charge in [-0.2, -0.15) is 8.42 Å². The molecule has 2 saturated carbocycles. The number of methoxy groups -OCH3 is 1. The Hall–Kier alpha value is -3.41. The van der Waals surface area contributed by atoms with Crippen LogP contribution in [0.3, 0.4) is 0 Å². The number of aromatic nitrogens is 1. The summed E-state index contributed by atoms with van der Waals surface area (Å²) in [6.45, 7) is 2.33. The third kappa shape index (κ3) is 5.18. The third-order valence-corrected chi connectivity index (χ3v) is 10.8. The molecule has 2 amide bonds. The Morgan fingerprint density at radius 3 is 2.32 bits per heavy atom. The van der Waals surface area contributed by atoms with Gasteiger partial charge in [0, 0.05) is 48.2 Å². The van der Waals surface area contributed by atoms with Crippen molar-refractivity contribution in [2.45, 2.75) is 75.9 Å². The molecule has 2 aliphatic heterocycles. The van der Waals surface area contributed by atoms with Crippen LogP contribution in [0.1, 0.15) is 73.2 Å². The molecule has 0 unspecified atom stereocenters. The number of fused-ring (bicyclic) bond motifs is 3. The summed E-state index contributed by atoms with van der Waals surface area (Å²) in [7, 11) is -0.450. The summed E-state index contributed by atoms with van der Waals surface area (Å²) >= 11 is 0. The number of ether oxygens (including phenoxy) is 1. The van der Waals surface area contributed by atoms with Crippen LogP contribution in [-0.4, -0.2) is 73.9 Å². The molecule has 0 spiro atoms. The van der Waals surface area contributed by atoms with Crippen LogP contribution < -0.4 is 14.6 Å². The van der Waals surface area contributed by atoms with E-state index in [1.165, 1.54) is 12.0 Å². The van der Waals surface area contributed by atoms with Crippen molar-refractivity contribution < 1.29 is 22.7 Å². The summed E-state index contributed by atoms with van der Waals surface area (Å²) in [5.41, 5.74) is 3.89. The van der Waals surface area contributed by atoms with Crippen molar-refractivity contribution >= 4 is 32.9 Å². The minimum Gasteiger partial charge on any atom is -0.497 e. The van der Waals surface area contributed by atoms with Crippen molar-refractivity contribution in [1.29, 1.82) is 0 Å². The molecular weight excluding hydrogens is 578 g/mol. The van der Waals surface area contributed by atoms with Gasteiger partial charge in [-0.3, -0.25) is 9.59 Å². The van der Waals surface area contributed by atoms with Crippen molar-refractivity contribution in [3.05, 3.63) is 53.6 Å². The van der Waals surface area contributed by atoms with Crippen molar-refractivity contribution in [2.75, 3.05) is 27.2 Å². The molecule has 2 aromatic carbocycles. The number of rotatable bonds is 8. The number of amides is 2. The number of piperazine rings is 1. The molecule has 7 rings (SSSR count). The quantitative estimate of drug-likeness (QED) is 0.393. The lowest BCUT2D eigenvalue weighted by molar-refractivity contribution is -0.159. The molecule has 2 aliphatic carbocycles. The molecule has 10 nitrogen and oxygen atoms in total. The van der Waals surface area contributed by atoms with E-state index < -0.39 is 21.5 Å². The lowest BCUT2D eigenvalue weighted by Crippen LogP contribution is -2.70. The Morgan fingerprint density at radius 2 is 1.70 bits per heavy atom. The van der Waals surface area contributed by atoms with Crippen molar-refractivity contribution in [3.8, 4) is 17.0 Å². The molecule has 11 heteroatoms. The zero-order chi connectivity index (χ0) is 30.8. The van der Waals surface area contributed by atoms with Gasteiger partial charge in [-0.25, -0.2) is 9.86 Å². The topological polar surface area (TPSA) is 127 Å². The first-order valence-corrected chi connectivity index (χ1v) is 17.3. The zero-order valence-corrected chi connectivity index (χ0v) is 26.2. The highest BCUT2D eigenvalue weighted by atomic mass is 32.2. The fourth-order valence-electron chi connectivity index (χ4n) is 8.05. The van der Waals surface area contributed by atoms with Crippen LogP contribution in [0.4, 0.5) is 0 Å². The third-order valence-electron chi connectivity index (χ3n) is 10.4. The van der Waals surface area contributed by atoms with E-state index in [1.54, 1.807) is 19.2 Å². The Kier molecular flexibility index (Phi) is 7.25. The average Bonchev–Trinajstić information content (AvgIpc) is 3.72. The van der Waals surface area contributed by atoms with Gasteiger partial charge in [0.2, 0.25) is 5.91 Å². The van der Waals surface area contributed by atoms with E-state index in [9.17, 15) is 18.0 Å². The van der Waals surface area contributed by atoms with Gasteiger partial charge in [0.05, 0.1) is 18.2 Å². The Labute approximate surface area is 258 Å². The number of carbonyl (C=O) groups excluding carboxylic acids is 2. The van der Waals surface area contributed by atoms with Crippen molar-refractivity contribution in [3.63, 3.8) is 0 Å². The largest absolute Gasteiger partial charge is 0.497 e. The number of hydrogen-bond donors (Lipinski definition) is 2. The summed E-state index contributed by atoms with van der Waals surface area (Å²) < 4.78 is 33.0. The summed E-state index contributed by atoms with van der Waals surface area (Å²) in [6, 6.07) is 14.0. The number of hydrogen-bond acceptors (Lipinski definition) is 6. The molecule has 1 aromatic heterocycles. The fourth-order valence-corrected chi connectivity index (χ4v) is 8.43. The first-order valence-electron chi connectivity index (χ1n) is 15.7. The molecule has 3 N–H and O–H groups in total. The number of carbonyl (C=O) groups is 2. The second-order valence-electron chi connectivity index (χ2n) is 13.4. The predicted molar refractivity (Wildman–Crippen MR) is 169 cm³/mol. The second-order valence-corrected chi connectivity index (χ2v) is 14.7. The number of nitrogens with zero attached hydrogens (tertiary/aromatic N) is 3. The molecule has 234 valence electrons. The lowest BCUT2D eigenvalue weighted by atomic mass is 9.81. The van der Waals surface area contributed by atoms with Gasteiger partial charge < -0.3 is 19.1 Å². The van der Waals surface area contributed by atoms with Crippen LogP contribution in [0.25, 0.3) is 22.2 Å². The van der Waals surface area contributed by atoms with Crippen molar-refractivity contribution in [2.24, 2.45) is 10.6 Å². The molecule has 3 heterocycles. The van der Waals surface area contributed by atoms with Gasteiger partial charge in [0.15, 0.2) is 0 Å². The van der Waals surface area contributed by atoms with Gasteiger partial charge in [-0.15, -0.1) is 0 Å². The van der Waals surface area contributed by atoms with Crippen LogP contribution in [0.5, 0.6) is 5.75 Å². The maximum absolute atomic E-state index is 14.3. The van der Waals surface area contributed by atoms with Gasteiger partial charge in [0.25, 0.3) is 16.1 Å². The summed E-state index contributed by atoms with van der Waals surface area (Å²) in [4.78, 5) is 31.7. The van der Waals surface area contributed by atoms with E-state index in [0.29, 0.717) is 12.5 Å². The van der Waals surface area contributed by atoms with Crippen molar-refractivity contribution in [1.82, 2.24) is 19.1 Å². The number of likely N-dealkylation sites (N-methyl/N-ethyl adjacent to an activating group) is 1. The maximum Gasteiger partial charge on any atom is 0.298 e. The first kappa shape index (κ1) is 29.3. The molecule has 0 radical (unpaired) electrons. The zero-order valence-electron chi connectivity index (χ0n) is 25.4. The van der Waals surface area contributed by atoms with Crippen LogP contribution in [-0.2, 0) is 21.5 Å². The van der Waals surface area contributed by atoms with Crippen LogP contribution in [0.2, 0.25) is 0 Å². The minimum atomic E-state index is -4.22. The maximum atomic E-state index is 14.3. The smallest absolute Gasteiger partial charge is 0.298 e. The normalized spacial score (nSPS) is 23.3. The summed E-state index contributed by atoms with van der Waals surface area (Å²) in [5, 5.41) is 6.18. The second kappa shape index (κ2) is 10.9. The summed E-state index contributed by atoms with van der Waals surface area (Å²) in [6.07, 6.45) is 8.40. The predicted octanol–water partition coefficient (Wildman–Crippen LogP) is 3.99. The van der Waals surface area contributed by atoms with E-state index in [0.717, 1.165) is 85.9 Å². The number of nitrogens with two attached hydrogens (primary N) is 1. The van der Waals surface area contributed by atoms with E-state index in [4.69, 9.17) is 9.88 Å². The Morgan fingerprint density at radius 1 is 1.02 bits per heavy atom. The number of likely N-dealkylation sites (tertiary alicyclic amines) is 2. The number of nitrogens with one attached hydrogen (secondary N) is 1. The standard InChI is InChI=1S/C33H41N5O5S/c1-36-18-24-17-25(19-36)38(24)32(40)33(14-15-33)20-37-28-16-23(31(39)35-44(34,41)42)10-13-27(28)29(21-6-4-3-5-7-21)30(37)22-8-11-26(43-2)12-9-22/h8-13,16,21,24-25H,3-7,14-15,17-20H2,1-2H3,(H,35,39)(H2,34,41,42)/t24-,25+. The molecule has 2 saturated heterocycles. The average molecular weight is 620 g/mol. The van der Waals surface area contributed by atoms with E-state index in [-0.39, 0.29) is 23.6 Å². The Bertz CT molecular complexity index is 1710. The molecule has 3 aromatic rings. The monoisotopic (exact) mass is 619 g/mol. The van der Waals surface area contributed by atoms with Crippen LogP contribution in [0.15, 0.2) is 42.5 Å². The highest BCUT2D eigenvalue weighted by Gasteiger charge is 2.58. The molecule has 4 aliphatic rings. The number of piperidine rings is 1. The first-order chi connectivity index (χ1) is 21.1. The molecule has 4 fully saturated rings. The molecule has 2 atom stereocenters. The van der Waals surface area contributed by atoms with E-state index >= 15 is 0 Å². The van der Waals surface area contributed by atoms with Gasteiger partial charge >= 0.3 is 0 Å².